The number of rotatable bonds is 3. The molecule has 4 heteroatoms. The minimum Gasteiger partial charge on any atom is -0.497 e. The third-order valence-electron chi connectivity index (χ3n) is 3.09. The normalized spacial score (nSPS) is 17.6. The van der Waals surface area contributed by atoms with Crippen molar-refractivity contribution in [3.63, 3.8) is 0 Å². The molecule has 106 valence electrons. The van der Waals surface area contributed by atoms with Crippen molar-refractivity contribution >= 4 is 19.7 Å². The molecule has 0 spiro atoms. The van der Waals surface area contributed by atoms with E-state index >= 15 is 0 Å². The van der Waals surface area contributed by atoms with Crippen molar-refractivity contribution < 1.29 is 9.53 Å². The summed E-state index contributed by atoms with van der Waals surface area (Å²) in [6.45, 7) is 8.78. The molecule has 1 amide bonds. The Morgan fingerprint density at radius 2 is 1.95 bits per heavy atom. The van der Waals surface area contributed by atoms with E-state index in [-0.39, 0.29) is 5.91 Å². The van der Waals surface area contributed by atoms with Crippen LogP contribution in [0, 0.1) is 0 Å². The molecule has 0 atom stereocenters. The lowest BCUT2D eigenvalue weighted by Crippen LogP contribution is -2.27. The first-order valence-electron chi connectivity index (χ1n) is 6.71. The minimum atomic E-state index is -1.42. The van der Waals surface area contributed by atoms with Crippen molar-refractivity contribution in [3.8, 4) is 5.75 Å². The Bertz CT molecular complexity index is 597. The Labute approximate surface area is 121 Å². The van der Waals surface area contributed by atoms with Gasteiger partial charge in [0.25, 0.3) is 5.91 Å². The highest BCUT2D eigenvalue weighted by molar-refractivity contribution is 6.81. The van der Waals surface area contributed by atoms with Crippen LogP contribution in [0.4, 0.5) is 5.69 Å². The van der Waals surface area contributed by atoms with E-state index in [1.807, 2.05) is 31.2 Å². The number of hydrogen-bond donors (Lipinski definition) is 0. The second-order valence-electron chi connectivity index (χ2n) is 6.10. The summed E-state index contributed by atoms with van der Waals surface area (Å²) in [6.07, 6.45) is 1.70. The standard InChI is InChI=1S/C16H21NO2Si/c1-12-9-16(18)17(15(12)11-20(3,4)5)13-7-6-8-14(10-13)19-2/h6-11H,1-5H3/b15-11+. The number of allylic oxidation sites excluding steroid dienone is 1. The summed E-state index contributed by atoms with van der Waals surface area (Å²) >= 11 is 0. The molecule has 1 heterocycles. The van der Waals surface area contributed by atoms with Crippen LogP contribution in [0.15, 0.2) is 47.3 Å². The van der Waals surface area contributed by atoms with Crippen molar-refractivity contribution in [2.24, 2.45) is 0 Å². The predicted octanol–water partition coefficient (Wildman–Crippen LogP) is 3.75. The van der Waals surface area contributed by atoms with Gasteiger partial charge in [0.15, 0.2) is 0 Å². The van der Waals surface area contributed by atoms with E-state index < -0.39 is 8.07 Å². The molecule has 0 N–H and O–H groups in total. The van der Waals surface area contributed by atoms with E-state index in [0.29, 0.717) is 0 Å². The second kappa shape index (κ2) is 5.29. The van der Waals surface area contributed by atoms with E-state index in [2.05, 4.69) is 25.3 Å². The number of benzene rings is 1. The van der Waals surface area contributed by atoms with Gasteiger partial charge in [0.2, 0.25) is 0 Å². The Morgan fingerprint density at radius 1 is 1.25 bits per heavy atom. The van der Waals surface area contributed by atoms with Gasteiger partial charge in [-0.25, -0.2) is 0 Å². The average molecular weight is 287 g/mol. The van der Waals surface area contributed by atoms with Gasteiger partial charge in [-0.1, -0.05) is 31.4 Å². The molecule has 20 heavy (non-hydrogen) atoms. The molecule has 0 aromatic heterocycles. The summed E-state index contributed by atoms with van der Waals surface area (Å²) in [6, 6.07) is 7.61. The van der Waals surface area contributed by atoms with E-state index in [1.165, 1.54) is 0 Å². The first kappa shape index (κ1) is 14.6. The van der Waals surface area contributed by atoms with Crippen molar-refractivity contribution in [1.29, 1.82) is 0 Å². The molecule has 3 nitrogen and oxygen atoms in total. The number of carbonyl (C=O) groups is 1. The first-order chi connectivity index (χ1) is 9.31. The van der Waals surface area contributed by atoms with Gasteiger partial charge in [0.1, 0.15) is 5.75 Å². The maximum Gasteiger partial charge on any atom is 0.255 e. The van der Waals surface area contributed by atoms with Gasteiger partial charge in [0.05, 0.1) is 20.9 Å². The predicted molar refractivity (Wildman–Crippen MR) is 85.7 cm³/mol. The minimum absolute atomic E-state index is 0.0141. The van der Waals surface area contributed by atoms with Crippen LogP contribution in [0.5, 0.6) is 5.75 Å². The van der Waals surface area contributed by atoms with Crippen LogP contribution in [-0.4, -0.2) is 21.1 Å². The number of nitrogens with zero attached hydrogens (tertiary/aromatic N) is 1. The molecule has 1 aliphatic rings. The smallest absolute Gasteiger partial charge is 0.255 e. The molecule has 1 aromatic carbocycles. The van der Waals surface area contributed by atoms with Crippen molar-refractivity contribution in [3.05, 3.63) is 47.3 Å². The molecule has 0 aliphatic carbocycles. The summed E-state index contributed by atoms with van der Waals surface area (Å²) in [4.78, 5) is 14.0. The highest BCUT2D eigenvalue weighted by atomic mass is 28.3. The van der Waals surface area contributed by atoms with Crippen LogP contribution < -0.4 is 9.64 Å². The highest BCUT2D eigenvalue weighted by Crippen LogP contribution is 2.32. The SMILES string of the molecule is COc1cccc(N2C(=O)C=C(C)/C2=C\[Si](C)(C)C)c1. The quantitative estimate of drug-likeness (QED) is 0.792. The fraction of sp³-hybridized carbons (Fsp3) is 0.312. The molecule has 0 bridgehead atoms. The summed E-state index contributed by atoms with van der Waals surface area (Å²) in [7, 11) is 0.214. The van der Waals surface area contributed by atoms with Crippen LogP contribution in [-0.2, 0) is 4.79 Å². The number of methoxy groups -OCH3 is 1. The Morgan fingerprint density at radius 3 is 2.55 bits per heavy atom. The number of amides is 1. The molecule has 0 fully saturated rings. The summed E-state index contributed by atoms with van der Waals surface area (Å²) in [5.41, 5.74) is 5.16. The van der Waals surface area contributed by atoms with Crippen LogP contribution in [0.3, 0.4) is 0 Å². The molecule has 0 saturated carbocycles. The van der Waals surface area contributed by atoms with Gasteiger partial charge in [-0.15, -0.1) is 0 Å². The lowest BCUT2D eigenvalue weighted by molar-refractivity contribution is -0.113. The first-order valence-corrected chi connectivity index (χ1v) is 10.3. The Kier molecular flexibility index (Phi) is 3.86. The molecular weight excluding hydrogens is 266 g/mol. The van der Waals surface area contributed by atoms with E-state index in [1.54, 1.807) is 18.1 Å². The van der Waals surface area contributed by atoms with Crippen molar-refractivity contribution in [1.82, 2.24) is 0 Å². The van der Waals surface area contributed by atoms with Gasteiger partial charge >= 0.3 is 0 Å². The summed E-state index contributed by atoms with van der Waals surface area (Å²) < 4.78 is 5.25. The van der Waals surface area contributed by atoms with Crippen LogP contribution in [0.1, 0.15) is 6.92 Å². The maximum absolute atomic E-state index is 12.3. The molecular formula is C16H21NO2Si. The van der Waals surface area contributed by atoms with Gasteiger partial charge in [0, 0.05) is 17.8 Å². The monoisotopic (exact) mass is 287 g/mol. The molecule has 1 aliphatic heterocycles. The lowest BCUT2D eigenvalue weighted by atomic mass is 10.2. The van der Waals surface area contributed by atoms with E-state index in [0.717, 1.165) is 22.7 Å². The van der Waals surface area contributed by atoms with Crippen molar-refractivity contribution in [2.45, 2.75) is 26.6 Å². The Balaban J connectivity index is 2.48. The van der Waals surface area contributed by atoms with Gasteiger partial charge in [-0.2, -0.15) is 0 Å². The van der Waals surface area contributed by atoms with Crippen LogP contribution in [0.25, 0.3) is 0 Å². The number of ether oxygens (including phenoxy) is 1. The van der Waals surface area contributed by atoms with Crippen molar-refractivity contribution in [2.75, 3.05) is 12.0 Å². The zero-order valence-corrected chi connectivity index (χ0v) is 13.7. The third kappa shape index (κ3) is 3.02. The van der Waals surface area contributed by atoms with E-state index in [4.69, 9.17) is 4.74 Å². The lowest BCUT2D eigenvalue weighted by Gasteiger charge is -2.23. The molecule has 0 unspecified atom stereocenters. The summed E-state index contributed by atoms with van der Waals surface area (Å²) in [5, 5.41) is 0. The largest absolute Gasteiger partial charge is 0.497 e. The Hall–Kier alpha value is -1.81. The van der Waals surface area contributed by atoms with Crippen LogP contribution in [0.2, 0.25) is 19.6 Å². The van der Waals surface area contributed by atoms with Gasteiger partial charge in [-0.05, 0) is 24.6 Å². The topological polar surface area (TPSA) is 29.5 Å². The fourth-order valence-electron chi connectivity index (χ4n) is 2.22. The van der Waals surface area contributed by atoms with Crippen LogP contribution >= 0.6 is 0 Å². The maximum atomic E-state index is 12.3. The van der Waals surface area contributed by atoms with Gasteiger partial charge < -0.3 is 4.74 Å². The fourth-order valence-corrected chi connectivity index (χ4v) is 3.40. The second-order valence-corrected chi connectivity index (χ2v) is 11.1. The molecule has 1 aromatic rings. The summed E-state index contributed by atoms with van der Waals surface area (Å²) in [5.74, 6) is 0.771. The number of hydrogen-bond acceptors (Lipinski definition) is 2. The number of carbonyl (C=O) groups excluding carboxylic acids is 1. The molecule has 0 saturated heterocycles. The average Bonchev–Trinajstić information content (AvgIpc) is 2.62. The number of anilines is 1. The zero-order valence-electron chi connectivity index (χ0n) is 12.7. The zero-order chi connectivity index (χ0) is 14.9. The molecule has 2 rings (SSSR count). The van der Waals surface area contributed by atoms with E-state index in [9.17, 15) is 4.79 Å². The molecule has 0 radical (unpaired) electrons. The third-order valence-corrected chi connectivity index (χ3v) is 4.23. The highest BCUT2D eigenvalue weighted by Gasteiger charge is 2.28. The van der Waals surface area contributed by atoms with Gasteiger partial charge in [-0.3, -0.25) is 9.69 Å².